The molecule has 0 unspecified atom stereocenters. The van der Waals surface area contributed by atoms with Gasteiger partial charge in [-0.3, -0.25) is 24.3 Å². The van der Waals surface area contributed by atoms with Crippen LogP contribution in [0.3, 0.4) is 0 Å². The van der Waals surface area contributed by atoms with E-state index in [-0.39, 0.29) is 47.8 Å². The van der Waals surface area contributed by atoms with E-state index in [1.807, 2.05) is 13.8 Å². The van der Waals surface area contributed by atoms with Crippen molar-refractivity contribution in [2.24, 2.45) is 17.6 Å². The second-order valence-electron chi connectivity index (χ2n) is 13.2. The van der Waals surface area contributed by atoms with E-state index in [9.17, 15) is 38.1 Å². The summed E-state index contributed by atoms with van der Waals surface area (Å²) in [4.78, 5) is 44.1. The van der Waals surface area contributed by atoms with Crippen LogP contribution in [0.25, 0.3) is 0 Å². The molecule has 3 fully saturated rings. The van der Waals surface area contributed by atoms with Crippen LogP contribution in [0.5, 0.6) is 5.75 Å². The number of nitrogens with one attached hydrogen (secondary N) is 3. The van der Waals surface area contributed by atoms with Crippen LogP contribution in [0.15, 0.2) is 18.2 Å². The average Bonchev–Trinajstić information content (AvgIpc) is 3.36. The first-order valence-electron chi connectivity index (χ1n) is 16.0. The fraction of sp³-hybridized carbons (Fsp3) is 0.667. The Hall–Kier alpha value is -3.22. The minimum absolute atomic E-state index is 0.0726. The number of aliphatic hydroxyl groups is 3. The molecule has 2 saturated heterocycles. The highest BCUT2D eigenvalue weighted by atomic mass is 35.5. The fourth-order valence-electron chi connectivity index (χ4n) is 6.96. The number of nitrogens with zero attached hydrogens (tertiary/aromatic N) is 2. The first-order valence-corrected chi connectivity index (χ1v) is 17.7. The van der Waals surface area contributed by atoms with Crippen molar-refractivity contribution in [3.05, 3.63) is 28.8 Å². The largest absolute Gasteiger partial charge is 0.446 e. The summed E-state index contributed by atoms with van der Waals surface area (Å²) in [6.07, 6.45) is -0.879. The van der Waals surface area contributed by atoms with E-state index < -0.39 is 70.7 Å². The number of hydrogen-bond donors (Lipinski definition) is 8. The molecule has 0 radical (unpaired) electrons. The summed E-state index contributed by atoms with van der Waals surface area (Å²) >= 11 is 6.04. The van der Waals surface area contributed by atoms with Crippen molar-refractivity contribution in [1.82, 2.24) is 20.4 Å². The van der Waals surface area contributed by atoms with Crippen molar-refractivity contribution in [3.8, 4) is 5.75 Å². The third-order valence-electron chi connectivity index (χ3n) is 9.18. The summed E-state index contributed by atoms with van der Waals surface area (Å²) in [6, 6.07) is 0.491. The number of rotatable bonds is 11. The summed E-state index contributed by atoms with van der Waals surface area (Å²) in [5.74, 6) is -2.71. The van der Waals surface area contributed by atoms with Crippen LogP contribution < -0.4 is 20.6 Å². The van der Waals surface area contributed by atoms with Gasteiger partial charge in [-0.25, -0.2) is 0 Å². The maximum Gasteiger partial charge on any atom is 0.446 e. The number of fused-ring (bicyclic) bond motifs is 1. The van der Waals surface area contributed by atoms with Crippen LogP contribution in [0, 0.1) is 17.2 Å². The summed E-state index contributed by atoms with van der Waals surface area (Å²) < 4.78 is 35.3. The van der Waals surface area contributed by atoms with Crippen LogP contribution in [0.2, 0.25) is 5.02 Å². The first-order chi connectivity index (χ1) is 22.4. The molecule has 8 atom stereocenters. The smallest absolute Gasteiger partial charge is 0.393 e. The number of aliphatic hydroxyl groups excluding tert-OH is 3. The number of hydrogen-bond acceptors (Lipinski definition) is 10. The van der Waals surface area contributed by atoms with Gasteiger partial charge in [0.2, 0.25) is 17.7 Å². The number of likely N-dealkylation sites (tertiary alicyclic amines) is 2. The highest BCUT2D eigenvalue weighted by molar-refractivity contribution is 7.81. The van der Waals surface area contributed by atoms with Crippen LogP contribution in [-0.2, 0) is 31.2 Å². The normalized spacial score (nSPS) is 27.2. The monoisotopic (exact) mass is 716 g/mol. The van der Waals surface area contributed by atoms with Crippen molar-refractivity contribution in [3.63, 3.8) is 0 Å². The van der Waals surface area contributed by atoms with Gasteiger partial charge in [0, 0.05) is 19.0 Å². The summed E-state index contributed by atoms with van der Waals surface area (Å²) in [7, 11) is -4.82. The number of benzene rings is 1. The van der Waals surface area contributed by atoms with Gasteiger partial charge < -0.3 is 45.7 Å². The molecule has 48 heavy (non-hydrogen) atoms. The molecule has 4 rings (SSSR count). The number of guanidine groups is 1. The average molecular weight is 717 g/mol. The number of nitrogens with two attached hydrogens (primary N) is 1. The van der Waals surface area contributed by atoms with E-state index in [1.54, 1.807) is 0 Å². The molecule has 1 aliphatic carbocycles. The molecule has 16 nitrogen and oxygen atoms in total. The summed E-state index contributed by atoms with van der Waals surface area (Å²) in [5.41, 5.74) is 5.94. The number of carbonyl (C=O) groups is 3. The lowest BCUT2D eigenvalue weighted by molar-refractivity contribution is -0.146. The van der Waals surface area contributed by atoms with E-state index in [4.69, 9.17) is 27.3 Å². The predicted molar refractivity (Wildman–Crippen MR) is 173 cm³/mol. The lowest BCUT2D eigenvalue weighted by Gasteiger charge is -2.40. The zero-order valence-corrected chi connectivity index (χ0v) is 28.4. The van der Waals surface area contributed by atoms with Gasteiger partial charge in [0.15, 0.2) is 11.7 Å². The van der Waals surface area contributed by atoms with Crippen molar-refractivity contribution < 1.29 is 46.9 Å². The molecule has 2 aliphatic heterocycles. The molecule has 0 spiro atoms. The van der Waals surface area contributed by atoms with Gasteiger partial charge in [-0.05, 0) is 74.5 Å². The van der Waals surface area contributed by atoms with Crippen molar-refractivity contribution in [2.75, 3.05) is 6.54 Å². The van der Waals surface area contributed by atoms with Crippen LogP contribution in [-0.4, -0.2) is 111 Å². The Bertz CT molecular complexity index is 1480. The van der Waals surface area contributed by atoms with E-state index in [2.05, 4.69) is 14.8 Å². The standard InChI is InChI=1S/C30H45ClN6O10S/c1-15(2)10-21(35-27(41)24(39)12-16-5-8-25(19(31)11-16)47-48(44,45)46)29(43)37-22-14-18(38)7-6-17(22)13-23(37)26(40)34-20-4-3-9-36(28(20)42)30(32)33/h5,8,11,15,17-18,20-24,28,38-39,42H,3-4,6-7,9-10,12-14H2,1-2H3,(H3,32,33)(H,34,40)(H,35,41)(H,44,45,46)/t17-,18+,20+,21+,22-,23-,24+,28-/m0/s1. The zero-order chi connectivity index (χ0) is 35.5. The van der Waals surface area contributed by atoms with E-state index in [0.717, 1.165) is 6.07 Å². The van der Waals surface area contributed by atoms with E-state index in [1.165, 1.54) is 21.9 Å². The quantitative estimate of drug-likeness (QED) is 0.0847. The lowest BCUT2D eigenvalue weighted by atomic mass is 9.83. The Kier molecular flexibility index (Phi) is 12.2. The zero-order valence-electron chi connectivity index (χ0n) is 26.8. The van der Waals surface area contributed by atoms with Crippen molar-refractivity contribution in [1.29, 1.82) is 5.41 Å². The summed E-state index contributed by atoms with van der Waals surface area (Å²) in [6.45, 7) is 4.07. The summed E-state index contributed by atoms with van der Waals surface area (Å²) in [5, 5.41) is 45.1. The number of amides is 3. The molecule has 3 aliphatic rings. The number of halogens is 1. The third kappa shape index (κ3) is 9.26. The third-order valence-corrected chi connectivity index (χ3v) is 9.87. The predicted octanol–water partition coefficient (Wildman–Crippen LogP) is -0.121. The number of carbonyl (C=O) groups excluding carboxylic acids is 3. The SMILES string of the molecule is CC(C)C[C@@H](NC(=O)[C@H](O)Cc1ccc(OS(=O)(=O)O)c(Cl)c1)C(=O)N1[C@H](C(=O)N[C@@H]2CCCN(C(=N)N)[C@H]2O)C[C@@H]2CC[C@@H](O)C[C@@H]21. The molecule has 0 aromatic heterocycles. The molecular formula is C30H45ClN6O10S. The number of piperidine rings is 1. The van der Waals surface area contributed by atoms with E-state index >= 15 is 0 Å². The van der Waals surface area contributed by atoms with Gasteiger partial charge >= 0.3 is 10.4 Å². The molecule has 1 saturated carbocycles. The van der Waals surface area contributed by atoms with E-state index in [0.29, 0.717) is 44.2 Å². The maximum atomic E-state index is 14.3. The van der Waals surface area contributed by atoms with Crippen molar-refractivity contribution >= 4 is 45.7 Å². The van der Waals surface area contributed by atoms with Gasteiger partial charge in [-0.15, -0.1) is 0 Å². The molecule has 0 bridgehead atoms. The molecule has 1 aromatic carbocycles. The Morgan fingerprint density at radius 1 is 1.17 bits per heavy atom. The van der Waals surface area contributed by atoms with Crippen molar-refractivity contribution in [2.45, 2.75) is 108 Å². The molecule has 1 aromatic rings. The Labute approximate surface area is 284 Å². The van der Waals surface area contributed by atoms with Gasteiger partial charge in [0.05, 0.1) is 17.2 Å². The van der Waals surface area contributed by atoms with Crippen LogP contribution in [0.4, 0.5) is 0 Å². The van der Waals surface area contributed by atoms with Crippen LogP contribution in [0.1, 0.15) is 64.4 Å². The first kappa shape index (κ1) is 37.6. The second kappa shape index (κ2) is 15.6. The lowest BCUT2D eigenvalue weighted by Crippen LogP contribution is -2.62. The van der Waals surface area contributed by atoms with Crippen LogP contribution >= 0.6 is 11.6 Å². The van der Waals surface area contributed by atoms with Gasteiger partial charge in [-0.2, -0.15) is 8.42 Å². The van der Waals surface area contributed by atoms with Gasteiger partial charge in [-0.1, -0.05) is 31.5 Å². The fourth-order valence-corrected chi connectivity index (χ4v) is 7.62. The molecule has 3 amide bonds. The Morgan fingerprint density at radius 2 is 1.88 bits per heavy atom. The minimum atomic E-state index is -4.82. The molecule has 9 N–H and O–H groups in total. The van der Waals surface area contributed by atoms with Gasteiger partial charge in [0.1, 0.15) is 24.4 Å². The Balaban J connectivity index is 1.52. The molecule has 2 heterocycles. The molecular weight excluding hydrogens is 672 g/mol. The minimum Gasteiger partial charge on any atom is -0.393 e. The van der Waals surface area contributed by atoms with Gasteiger partial charge in [0.25, 0.3) is 0 Å². The second-order valence-corrected chi connectivity index (χ2v) is 14.7. The topological polar surface area (TPSA) is 256 Å². The highest BCUT2D eigenvalue weighted by Gasteiger charge is 2.51. The maximum absolute atomic E-state index is 14.3. The highest BCUT2D eigenvalue weighted by Crippen LogP contribution is 2.41. The Morgan fingerprint density at radius 3 is 2.50 bits per heavy atom. The molecule has 268 valence electrons. The molecule has 18 heteroatoms.